The monoisotopic (exact) mass is 396 g/mol. The number of benzene rings is 2. The minimum atomic E-state index is -4.47. The Bertz CT molecular complexity index is 1240. The second kappa shape index (κ2) is 7.05. The van der Waals surface area contributed by atoms with E-state index in [1.165, 1.54) is 29.1 Å². The number of aryl methyl sites for hydroxylation is 1. The van der Waals surface area contributed by atoms with Gasteiger partial charge in [0.1, 0.15) is 0 Å². The molecule has 0 radical (unpaired) electrons. The van der Waals surface area contributed by atoms with Crippen LogP contribution < -0.4 is 5.43 Å². The number of nitrogens with zero attached hydrogens (tertiary/aromatic N) is 4. The number of hydrogen-bond acceptors (Lipinski definition) is 3. The summed E-state index contributed by atoms with van der Waals surface area (Å²) in [6.45, 7) is 1.94. The molecule has 4 aromatic rings. The summed E-state index contributed by atoms with van der Waals surface area (Å²) in [5.74, 6) is 0. The molecule has 0 aliphatic carbocycles. The lowest BCUT2D eigenvalue weighted by Gasteiger charge is -2.12. The average molecular weight is 396 g/mol. The Morgan fingerprint density at radius 3 is 2.45 bits per heavy atom. The smallest absolute Gasteiger partial charge is 0.287 e. The van der Waals surface area contributed by atoms with E-state index in [1.807, 2.05) is 31.2 Å². The highest BCUT2D eigenvalue weighted by molar-refractivity contribution is 5.57. The quantitative estimate of drug-likeness (QED) is 0.515. The molecule has 5 nitrogen and oxygen atoms in total. The van der Waals surface area contributed by atoms with Gasteiger partial charge in [-0.25, -0.2) is 9.36 Å². The third kappa shape index (κ3) is 3.69. The molecule has 0 fully saturated rings. The van der Waals surface area contributed by atoms with Gasteiger partial charge in [-0.1, -0.05) is 18.2 Å². The second-order valence-electron chi connectivity index (χ2n) is 6.49. The van der Waals surface area contributed by atoms with Gasteiger partial charge in [-0.15, -0.1) is 0 Å². The Balaban J connectivity index is 1.83. The van der Waals surface area contributed by atoms with Gasteiger partial charge >= 0.3 is 6.18 Å². The average Bonchev–Trinajstić information content (AvgIpc) is 3.17. The highest BCUT2D eigenvalue weighted by atomic mass is 19.4. The van der Waals surface area contributed by atoms with Crippen molar-refractivity contribution in [2.45, 2.75) is 13.1 Å². The summed E-state index contributed by atoms with van der Waals surface area (Å²) in [6, 6.07) is 15.2. The van der Waals surface area contributed by atoms with Gasteiger partial charge in [-0.05, 0) is 48.9 Å². The minimum Gasteiger partial charge on any atom is -0.287 e. The van der Waals surface area contributed by atoms with Crippen molar-refractivity contribution in [3.63, 3.8) is 0 Å². The first-order valence-corrected chi connectivity index (χ1v) is 8.72. The fourth-order valence-electron chi connectivity index (χ4n) is 3.00. The first kappa shape index (κ1) is 18.7. The highest BCUT2D eigenvalue weighted by Crippen LogP contribution is 2.30. The molecule has 2 heterocycles. The number of hydrogen-bond donors (Lipinski definition) is 0. The van der Waals surface area contributed by atoms with Crippen molar-refractivity contribution in [3.05, 3.63) is 94.4 Å². The molecule has 8 heteroatoms. The number of alkyl halides is 3. The van der Waals surface area contributed by atoms with Crippen molar-refractivity contribution in [2.75, 3.05) is 0 Å². The topological polar surface area (TPSA) is 52.7 Å². The van der Waals surface area contributed by atoms with Crippen molar-refractivity contribution in [2.24, 2.45) is 0 Å². The van der Waals surface area contributed by atoms with Crippen LogP contribution in [-0.2, 0) is 6.18 Å². The summed E-state index contributed by atoms with van der Waals surface area (Å²) in [5.41, 5.74) is 1.35. The normalized spacial score (nSPS) is 11.6. The van der Waals surface area contributed by atoms with Gasteiger partial charge in [0.25, 0.3) is 0 Å². The number of rotatable bonds is 3. The van der Waals surface area contributed by atoms with E-state index < -0.39 is 11.7 Å². The van der Waals surface area contributed by atoms with Crippen LogP contribution in [0.25, 0.3) is 22.8 Å². The Hall–Kier alpha value is -3.68. The molecule has 0 amide bonds. The lowest BCUT2D eigenvalue weighted by atomic mass is 10.2. The number of aromatic nitrogens is 4. The van der Waals surface area contributed by atoms with Crippen molar-refractivity contribution in [1.82, 2.24) is 19.6 Å². The molecule has 0 aliphatic rings. The third-order valence-electron chi connectivity index (χ3n) is 4.38. The van der Waals surface area contributed by atoms with Crippen LogP contribution in [0.3, 0.4) is 0 Å². The van der Waals surface area contributed by atoms with Crippen molar-refractivity contribution >= 4 is 0 Å². The highest BCUT2D eigenvalue weighted by Gasteiger charge is 2.30. The van der Waals surface area contributed by atoms with Gasteiger partial charge in [0.15, 0.2) is 5.69 Å². The van der Waals surface area contributed by atoms with Gasteiger partial charge in [0.2, 0.25) is 5.43 Å². The molecule has 146 valence electrons. The van der Waals surface area contributed by atoms with E-state index in [0.29, 0.717) is 5.69 Å². The molecule has 2 aromatic carbocycles. The van der Waals surface area contributed by atoms with Gasteiger partial charge in [0.05, 0.1) is 28.8 Å². The summed E-state index contributed by atoms with van der Waals surface area (Å²) in [6.07, 6.45) is -1.59. The Labute approximate surface area is 163 Å². The third-order valence-corrected chi connectivity index (χ3v) is 4.38. The zero-order chi connectivity index (χ0) is 20.6. The lowest BCUT2D eigenvalue weighted by Crippen LogP contribution is -2.15. The molecular weight excluding hydrogens is 381 g/mol. The van der Waals surface area contributed by atoms with Crippen LogP contribution in [-0.4, -0.2) is 19.6 Å². The van der Waals surface area contributed by atoms with E-state index in [2.05, 4.69) is 10.2 Å². The zero-order valence-electron chi connectivity index (χ0n) is 15.3. The molecule has 0 N–H and O–H groups in total. The SMILES string of the molecule is Cc1cccc(-n2nccc2-c2nn(-c3cccc(C(F)(F)F)c3)ccc2=O)c1. The Kier molecular flexibility index (Phi) is 4.54. The van der Waals surface area contributed by atoms with Crippen LogP contribution in [0.15, 0.2) is 77.9 Å². The molecule has 0 atom stereocenters. The summed E-state index contributed by atoms with van der Waals surface area (Å²) in [5, 5.41) is 8.57. The van der Waals surface area contributed by atoms with Gasteiger partial charge in [0, 0.05) is 12.3 Å². The first-order chi connectivity index (χ1) is 13.8. The summed E-state index contributed by atoms with van der Waals surface area (Å²) in [4.78, 5) is 12.5. The Morgan fingerprint density at radius 1 is 0.931 bits per heavy atom. The van der Waals surface area contributed by atoms with Gasteiger partial charge in [-0.3, -0.25) is 4.79 Å². The standard InChI is InChI=1S/C21H15F3N4O/c1-14-4-2-7-17(12-14)28-18(8-10-25-28)20-19(29)9-11-27(26-20)16-6-3-5-15(13-16)21(22,23)24/h2-13H,1H3. The fourth-order valence-corrected chi connectivity index (χ4v) is 3.00. The summed E-state index contributed by atoms with van der Waals surface area (Å²) >= 11 is 0. The van der Waals surface area contributed by atoms with E-state index in [9.17, 15) is 18.0 Å². The fraction of sp³-hybridized carbons (Fsp3) is 0.0952. The first-order valence-electron chi connectivity index (χ1n) is 8.72. The van der Waals surface area contributed by atoms with E-state index >= 15 is 0 Å². The van der Waals surface area contributed by atoms with Crippen LogP contribution in [0.1, 0.15) is 11.1 Å². The molecule has 0 aliphatic heterocycles. The van der Waals surface area contributed by atoms with Crippen LogP contribution in [0.5, 0.6) is 0 Å². The van der Waals surface area contributed by atoms with Crippen LogP contribution in [0.2, 0.25) is 0 Å². The van der Waals surface area contributed by atoms with Gasteiger partial charge < -0.3 is 0 Å². The molecule has 4 rings (SSSR count). The molecule has 0 bridgehead atoms. The van der Waals surface area contributed by atoms with Crippen molar-refractivity contribution in [3.8, 4) is 22.8 Å². The van der Waals surface area contributed by atoms with E-state index in [1.54, 1.807) is 16.9 Å². The zero-order valence-corrected chi connectivity index (χ0v) is 15.3. The van der Waals surface area contributed by atoms with Gasteiger partial charge in [-0.2, -0.15) is 23.4 Å². The van der Waals surface area contributed by atoms with Crippen molar-refractivity contribution < 1.29 is 13.2 Å². The lowest BCUT2D eigenvalue weighted by molar-refractivity contribution is -0.137. The van der Waals surface area contributed by atoms with Crippen LogP contribution in [0.4, 0.5) is 13.2 Å². The largest absolute Gasteiger partial charge is 0.416 e. The van der Waals surface area contributed by atoms with Crippen molar-refractivity contribution in [1.29, 1.82) is 0 Å². The van der Waals surface area contributed by atoms with E-state index in [4.69, 9.17) is 0 Å². The predicted molar refractivity (Wildman–Crippen MR) is 102 cm³/mol. The van der Waals surface area contributed by atoms with Crippen LogP contribution in [0, 0.1) is 6.92 Å². The molecule has 29 heavy (non-hydrogen) atoms. The molecule has 0 saturated carbocycles. The number of halogens is 3. The molecule has 0 unspecified atom stereocenters. The van der Waals surface area contributed by atoms with Crippen LogP contribution >= 0.6 is 0 Å². The molecule has 0 saturated heterocycles. The molecule has 0 spiro atoms. The van der Waals surface area contributed by atoms with E-state index in [-0.39, 0.29) is 16.8 Å². The Morgan fingerprint density at radius 2 is 1.69 bits per heavy atom. The molecular formula is C21H15F3N4O. The predicted octanol–water partition coefficient (Wildman–Crippen LogP) is 4.41. The second-order valence-corrected chi connectivity index (χ2v) is 6.49. The summed E-state index contributed by atoms with van der Waals surface area (Å²) < 4.78 is 41.9. The minimum absolute atomic E-state index is 0.0870. The molecule has 2 aromatic heterocycles. The maximum Gasteiger partial charge on any atom is 0.416 e. The maximum absolute atomic E-state index is 13.0. The van der Waals surface area contributed by atoms with E-state index in [0.717, 1.165) is 23.4 Å². The summed E-state index contributed by atoms with van der Waals surface area (Å²) in [7, 11) is 0. The maximum atomic E-state index is 13.0.